The van der Waals surface area contributed by atoms with E-state index in [1.165, 1.54) is 12.1 Å². The molecular weight excluding hydrogens is 284 g/mol. The Kier molecular flexibility index (Phi) is 4.01. The summed E-state index contributed by atoms with van der Waals surface area (Å²) in [7, 11) is 1.74. The van der Waals surface area contributed by atoms with Gasteiger partial charge in [-0.3, -0.25) is 0 Å². The maximum atomic E-state index is 12.0. The molecule has 0 saturated carbocycles. The lowest BCUT2D eigenvalue weighted by molar-refractivity contribution is 0.460. The van der Waals surface area contributed by atoms with E-state index in [-0.39, 0.29) is 10.6 Å². The Hall–Kier alpha value is -0.740. The van der Waals surface area contributed by atoms with Gasteiger partial charge in [-0.25, -0.2) is 8.42 Å². The van der Waals surface area contributed by atoms with E-state index in [2.05, 4.69) is 0 Å². The van der Waals surface area contributed by atoms with Gasteiger partial charge in [-0.1, -0.05) is 41.5 Å². The number of halogens is 1. The molecule has 0 atom stereocenters. The first-order valence-corrected chi connectivity index (χ1v) is 8.38. The second kappa shape index (κ2) is 4.67. The highest BCUT2D eigenvalue weighted by Crippen LogP contribution is 2.40. The number of hydrogen-bond donors (Lipinski definition) is 1. The molecule has 0 saturated heterocycles. The minimum Gasteiger partial charge on any atom is -0.508 e. The molecule has 1 rings (SSSR count). The van der Waals surface area contributed by atoms with Crippen molar-refractivity contribution in [3.8, 4) is 5.75 Å². The molecular formula is C14H21ClO3S. The molecule has 0 aromatic heterocycles. The molecule has 0 aliphatic rings. The highest BCUT2D eigenvalue weighted by Gasteiger charge is 2.32. The summed E-state index contributed by atoms with van der Waals surface area (Å²) >= 11 is 0. The molecule has 0 unspecified atom stereocenters. The summed E-state index contributed by atoms with van der Waals surface area (Å²) in [4.78, 5) is 0.118. The van der Waals surface area contributed by atoms with Crippen LogP contribution >= 0.6 is 10.7 Å². The molecule has 1 aromatic carbocycles. The molecule has 3 nitrogen and oxygen atoms in total. The number of aromatic hydroxyl groups is 1. The summed E-state index contributed by atoms with van der Waals surface area (Å²) in [6, 6.07) is 2.95. The van der Waals surface area contributed by atoms with Gasteiger partial charge in [0.2, 0.25) is 0 Å². The van der Waals surface area contributed by atoms with Gasteiger partial charge in [-0.05, 0) is 34.1 Å². The van der Waals surface area contributed by atoms with Gasteiger partial charge >= 0.3 is 0 Å². The van der Waals surface area contributed by atoms with Crippen LogP contribution in [0.5, 0.6) is 5.75 Å². The Morgan fingerprint density at radius 3 is 1.47 bits per heavy atom. The van der Waals surface area contributed by atoms with Crippen LogP contribution in [0.25, 0.3) is 0 Å². The van der Waals surface area contributed by atoms with Crippen molar-refractivity contribution in [3.05, 3.63) is 23.3 Å². The second-order valence-corrected chi connectivity index (χ2v) is 9.31. The summed E-state index contributed by atoms with van der Waals surface area (Å²) in [5, 5.41) is 9.87. The summed E-state index contributed by atoms with van der Waals surface area (Å²) in [6.45, 7) is 11.3. The van der Waals surface area contributed by atoms with Gasteiger partial charge in [0.1, 0.15) is 5.75 Å². The third-order valence-corrected chi connectivity index (χ3v) is 4.32. The Morgan fingerprint density at radius 2 is 1.26 bits per heavy atom. The topological polar surface area (TPSA) is 54.4 Å². The zero-order valence-electron chi connectivity index (χ0n) is 12.2. The molecule has 0 amide bonds. The van der Waals surface area contributed by atoms with Gasteiger partial charge in [0, 0.05) is 10.7 Å². The largest absolute Gasteiger partial charge is 0.508 e. The Bertz CT molecular complexity index is 555. The smallest absolute Gasteiger partial charge is 0.261 e. The second-order valence-electron chi connectivity index (χ2n) is 6.81. The normalized spacial score (nSPS) is 13.6. The van der Waals surface area contributed by atoms with Crippen molar-refractivity contribution in [2.75, 3.05) is 0 Å². The lowest BCUT2D eigenvalue weighted by Crippen LogP contribution is -2.22. The lowest BCUT2D eigenvalue weighted by Gasteiger charge is -2.28. The van der Waals surface area contributed by atoms with Gasteiger partial charge in [-0.2, -0.15) is 0 Å². The predicted molar refractivity (Wildman–Crippen MR) is 78.5 cm³/mol. The molecule has 1 N–H and O–H groups in total. The zero-order valence-corrected chi connectivity index (χ0v) is 13.8. The minimum atomic E-state index is -3.89. The highest BCUT2D eigenvalue weighted by molar-refractivity contribution is 8.13. The number of phenols is 1. The van der Waals surface area contributed by atoms with Gasteiger partial charge in [0.25, 0.3) is 9.05 Å². The van der Waals surface area contributed by atoms with Gasteiger partial charge in [0.05, 0.1) is 4.90 Å². The van der Waals surface area contributed by atoms with Gasteiger partial charge in [-0.15, -0.1) is 0 Å². The van der Waals surface area contributed by atoms with Crippen molar-refractivity contribution in [2.24, 2.45) is 0 Å². The van der Waals surface area contributed by atoms with Crippen LogP contribution in [0, 0.1) is 0 Å². The average molecular weight is 305 g/mol. The van der Waals surface area contributed by atoms with E-state index in [0.717, 1.165) is 0 Å². The number of rotatable bonds is 1. The number of benzene rings is 1. The molecule has 0 aliphatic carbocycles. The maximum Gasteiger partial charge on any atom is 0.261 e. The van der Waals surface area contributed by atoms with Crippen molar-refractivity contribution >= 4 is 19.7 Å². The van der Waals surface area contributed by atoms with Gasteiger partial charge < -0.3 is 5.11 Å². The first kappa shape index (κ1) is 16.3. The van der Waals surface area contributed by atoms with Crippen molar-refractivity contribution in [1.29, 1.82) is 0 Å². The number of hydrogen-bond acceptors (Lipinski definition) is 3. The molecule has 0 aliphatic heterocycles. The van der Waals surface area contributed by atoms with Crippen LogP contribution in [-0.4, -0.2) is 13.5 Å². The van der Waals surface area contributed by atoms with Crippen LogP contribution < -0.4 is 0 Å². The van der Waals surface area contributed by atoms with Crippen LogP contribution in [0.1, 0.15) is 52.7 Å². The zero-order chi connectivity index (χ0) is 15.2. The molecule has 0 heterocycles. The molecule has 0 fully saturated rings. The lowest BCUT2D eigenvalue weighted by atomic mass is 9.80. The van der Waals surface area contributed by atoms with Crippen molar-refractivity contribution in [3.63, 3.8) is 0 Å². The number of phenolic OH excluding ortho intramolecular Hbond substituents is 1. The highest BCUT2D eigenvalue weighted by atomic mass is 35.7. The third-order valence-electron chi connectivity index (χ3n) is 2.93. The van der Waals surface area contributed by atoms with E-state index in [1.54, 1.807) is 0 Å². The summed E-state index contributed by atoms with van der Waals surface area (Å²) < 4.78 is 23.9. The van der Waals surface area contributed by atoms with Crippen molar-refractivity contribution in [2.45, 2.75) is 57.3 Å². The summed E-state index contributed by atoms with van der Waals surface area (Å²) in [5.74, 6) is 0.0546. The Morgan fingerprint density at radius 1 is 0.947 bits per heavy atom. The fourth-order valence-corrected chi connectivity index (χ4v) is 3.74. The average Bonchev–Trinajstić information content (AvgIpc) is 2.11. The Labute approximate surface area is 120 Å². The molecule has 5 heteroatoms. The van der Waals surface area contributed by atoms with E-state index < -0.39 is 19.9 Å². The van der Waals surface area contributed by atoms with Crippen molar-refractivity contribution in [1.82, 2.24) is 0 Å². The predicted octanol–water partition coefficient (Wildman–Crippen LogP) is 3.91. The van der Waals surface area contributed by atoms with Crippen LogP contribution in [0.15, 0.2) is 17.0 Å². The SMILES string of the molecule is CC(C)(C)c1cc(O)cc(C(C)(C)C)c1S(=O)(=O)Cl. The molecule has 19 heavy (non-hydrogen) atoms. The van der Waals surface area contributed by atoms with Crippen LogP contribution in [0.4, 0.5) is 0 Å². The maximum absolute atomic E-state index is 12.0. The fraction of sp³-hybridized carbons (Fsp3) is 0.571. The van der Waals surface area contributed by atoms with Crippen LogP contribution in [0.2, 0.25) is 0 Å². The Balaban J connectivity index is 3.91. The van der Waals surface area contributed by atoms with E-state index in [0.29, 0.717) is 11.1 Å². The van der Waals surface area contributed by atoms with E-state index in [4.69, 9.17) is 10.7 Å². The summed E-state index contributed by atoms with van der Waals surface area (Å²) in [6.07, 6.45) is 0. The first-order valence-electron chi connectivity index (χ1n) is 6.07. The molecule has 108 valence electrons. The van der Waals surface area contributed by atoms with E-state index in [1.807, 2.05) is 41.5 Å². The fourth-order valence-electron chi connectivity index (χ4n) is 1.99. The first-order chi connectivity index (χ1) is 8.24. The van der Waals surface area contributed by atoms with Crippen LogP contribution in [-0.2, 0) is 19.9 Å². The van der Waals surface area contributed by atoms with Crippen molar-refractivity contribution < 1.29 is 13.5 Å². The molecule has 0 spiro atoms. The monoisotopic (exact) mass is 304 g/mol. The third kappa shape index (κ3) is 3.63. The quantitative estimate of drug-likeness (QED) is 0.800. The van der Waals surface area contributed by atoms with E-state index >= 15 is 0 Å². The van der Waals surface area contributed by atoms with E-state index in [9.17, 15) is 13.5 Å². The molecule has 0 bridgehead atoms. The van der Waals surface area contributed by atoms with Crippen LogP contribution in [0.3, 0.4) is 0 Å². The standard InChI is InChI=1S/C14H21ClO3S/c1-13(2,3)10-7-9(16)8-11(14(4,5)6)12(10)19(15,17)18/h7-8,16H,1-6H3. The van der Waals surface area contributed by atoms with Gasteiger partial charge in [0.15, 0.2) is 0 Å². The molecule has 0 radical (unpaired) electrons. The summed E-state index contributed by atoms with van der Waals surface area (Å²) in [5.41, 5.74) is 0.200. The molecule has 1 aromatic rings. The minimum absolute atomic E-state index is 0.0546.